The maximum atomic E-state index is 5.70. The van der Waals surface area contributed by atoms with Crippen molar-refractivity contribution in [2.24, 2.45) is 5.92 Å². The van der Waals surface area contributed by atoms with Gasteiger partial charge in [0.15, 0.2) is 6.29 Å². The SMILES string of the molecule is CCOC(CN(CC1CCCNC1)C1CC1)OCC. The Bertz CT molecular complexity index is 234. The van der Waals surface area contributed by atoms with E-state index in [0.717, 1.165) is 31.7 Å². The average molecular weight is 270 g/mol. The largest absolute Gasteiger partial charge is 0.352 e. The monoisotopic (exact) mass is 270 g/mol. The summed E-state index contributed by atoms with van der Waals surface area (Å²) in [5.74, 6) is 0.804. The number of hydrogen-bond donors (Lipinski definition) is 1. The zero-order valence-electron chi connectivity index (χ0n) is 12.6. The van der Waals surface area contributed by atoms with Gasteiger partial charge >= 0.3 is 0 Å². The van der Waals surface area contributed by atoms with Crippen LogP contribution in [0.15, 0.2) is 0 Å². The molecule has 1 unspecified atom stereocenters. The molecule has 0 spiro atoms. The molecule has 2 fully saturated rings. The second-order valence-corrected chi connectivity index (χ2v) is 5.74. The number of ether oxygens (including phenoxy) is 2. The van der Waals surface area contributed by atoms with Gasteiger partial charge in [0.05, 0.1) is 0 Å². The van der Waals surface area contributed by atoms with E-state index in [1.165, 1.54) is 45.3 Å². The fourth-order valence-corrected chi connectivity index (χ4v) is 2.94. The lowest BCUT2D eigenvalue weighted by Gasteiger charge is -2.32. The van der Waals surface area contributed by atoms with Crippen LogP contribution in [0.3, 0.4) is 0 Å². The summed E-state index contributed by atoms with van der Waals surface area (Å²) in [6, 6.07) is 0.783. The highest BCUT2D eigenvalue weighted by atomic mass is 16.7. The molecule has 1 saturated carbocycles. The normalized spacial score (nSPS) is 24.3. The highest BCUT2D eigenvalue weighted by Gasteiger charge is 2.32. The van der Waals surface area contributed by atoms with Crippen molar-refractivity contribution in [3.63, 3.8) is 0 Å². The molecule has 4 heteroatoms. The van der Waals surface area contributed by atoms with E-state index < -0.39 is 0 Å². The Morgan fingerprint density at radius 1 is 1.16 bits per heavy atom. The van der Waals surface area contributed by atoms with Crippen LogP contribution in [0.4, 0.5) is 0 Å². The first-order chi connectivity index (χ1) is 9.33. The van der Waals surface area contributed by atoms with Crippen LogP contribution in [-0.2, 0) is 9.47 Å². The van der Waals surface area contributed by atoms with Gasteiger partial charge in [0.25, 0.3) is 0 Å². The minimum absolute atomic E-state index is 0.0489. The Hall–Kier alpha value is -0.160. The van der Waals surface area contributed by atoms with Gasteiger partial charge < -0.3 is 14.8 Å². The predicted molar refractivity (Wildman–Crippen MR) is 77.2 cm³/mol. The standard InChI is InChI=1S/C15H30N2O2/c1-3-18-15(19-4-2)12-17(14-7-8-14)11-13-6-5-9-16-10-13/h13-16H,3-12H2,1-2H3. The van der Waals surface area contributed by atoms with Crippen molar-refractivity contribution >= 4 is 0 Å². The van der Waals surface area contributed by atoms with E-state index in [0.29, 0.717) is 0 Å². The molecule has 0 aromatic rings. The van der Waals surface area contributed by atoms with Gasteiger partial charge in [-0.15, -0.1) is 0 Å². The molecule has 0 aromatic heterocycles. The summed E-state index contributed by atoms with van der Waals surface area (Å²) in [6.07, 6.45) is 5.34. The van der Waals surface area contributed by atoms with Crippen LogP contribution in [0, 0.1) is 5.92 Å². The van der Waals surface area contributed by atoms with Crippen molar-refractivity contribution in [1.29, 1.82) is 0 Å². The van der Waals surface area contributed by atoms with Crippen LogP contribution in [0.1, 0.15) is 39.5 Å². The number of piperidine rings is 1. The molecule has 19 heavy (non-hydrogen) atoms. The molecule has 4 nitrogen and oxygen atoms in total. The molecule has 0 amide bonds. The number of hydrogen-bond acceptors (Lipinski definition) is 4. The Morgan fingerprint density at radius 2 is 1.89 bits per heavy atom. The highest BCUT2D eigenvalue weighted by Crippen LogP contribution is 2.29. The van der Waals surface area contributed by atoms with Gasteiger partial charge in [-0.3, -0.25) is 4.90 Å². The van der Waals surface area contributed by atoms with Crippen molar-refractivity contribution in [2.75, 3.05) is 39.4 Å². The second-order valence-electron chi connectivity index (χ2n) is 5.74. The lowest BCUT2D eigenvalue weighted by molar-refractivity contribution is -0.149. The molecule has 0 aromatic carbocycles. The first-order valence-corrected chi connectivity index (χ1v) is 8.01. The number of nitrogens with zero attached hydrogens (tertiary/aromatic N) is 1. The first-order valence-electron chi connectivity index (χ1n) is 8.01. The third kappa shape index (κ3) is 5.38. The lowest BCUT2D eigenvalue weighted by atomic mass is 9.99. The van der Waals surface area contributed by atoms with Gasteiger partial charge in [-0.05, 0) is 58.5 Å². The van der Waals surface area contributed by atoms with E-state index in [4.69, 9.17) is 9.47 Å². The maximum Gasteiger partial charge on any atom is 0.170 e. The molecular weight excluding hydrogens is 240 g/mol. The summed E-state index contributed by atoms with van der Waals surface area (Å²) in [5, 5.41) is 3.51. The zero-order chi connectivity index (χ0) is 13.5. The van der Waals surface area contributed by atoms with Crippen molar-refractivity contribution in [2.45, 2.75) is 51.9 Å². The molecule has 1 N–H and O–H groups in total. The van der Waals surface area contributed by atoms with Crippen LogP contribution < -0.4 is 5.32 Å². The summed E-state index contributed by atoms with van der Waals surface area (Å²) >= 11 is 0. The Labute approximate surface area is 117 Å². The van der Waals surface area contributed by atoms with Gasteiger partial charge in [0.2, 0.25) is 0 Å². The average Bonchev–Trinajstić information content (AvgIpc) is 3.24. The zero-order valence-corrected chi connectivity index (χ0v) is 12.6. The van der Waals surface area contributed by atoms with Gasteiger partial charge in [0.1, 0.15) is 0 Å². The van der Waals surface area contributed by atoms with Gasteiger partial charge in [-0.25, -0.2) is 0 Å². The van der Waals surface area contributed by atoms with Gasteiger partial charge in [0, 0.05) is 32.3 Å². The summed E-state index contributed by atoms with van der Waals surface area (Å²) < 4.78 is 11.4. The van der Waals surface area contributed by atoms with Gasteiger partial charge in [-0.1, -0.05) is 0 Å². The molecule has 1 aliphatic carbocycles. The van der Waals surface area contributed by atoms with Gasteiger partial charge in [-0.2, -0.15) is 0 Å². The van der Waals surface area contributed by atoms with E-state index in [9.17, 15) is 0 Å². The third-order valence-corrected chi connectivity index (χ3v) is 4.04. The summed E-state index contributed by atoms with van der Waals surface area (Å²) in [4.78, 5) is 2.60. The Kier molecular flexibility index (Phi) is 6.57. The minimum atomic E-state index is -0.0489. The van der Waals surface area contributed by atoms with Crippen molar-refractivity contribution in [3.8, 4) is 0 Å². The Balaban J connectivity index is 1.80. The smallest absolute Gasteiger partial charge is 0.170 e. The van der Waals surface area contributed by atoms with Crippen LogP contribution in [0.2, 0.25) is 0 Å². The fourth-order valence-electron chi connectivity index (χ4n) is 2.94. The molecule has 1 heterocycles. The quantitative estimate of drug-likeness (QED) is 0.648. The third-order valence-electron chi connectivity index (χ3n) is 4.04. The second kappa shape index (κ2) is 8.20. The van der Waals surface area contributed by atoms with Crippen molar-refractivity contribution in [1.82, 2.24) is 10.2 Å². The Morgan fingerprint density at radius 3 is 2.42 bits per heavy atom. The number of nitrogens with one attached hydrogen (secondary N) is 1. The topological polar surface area (TPSA) is 33.7 Å². The van der Waals surface area contributed by atoms with E-state index in [1.807, 2.05) is 13.8 Å². The van der Waals surface area contributed by atoms with Crippen LogP contribution >= 0.6 is 0 Å². The summed E-state index contributed by atoms with van der Waals surface area (Å²) in [5.41, 5.74) is 0. The number of rotatable bonds is 9. The predicted octanol–water partition coefficient (Wildman–Crippen LogP) is 1.85. The van der Waals surface area contributed by atoms with E-state index >= 15 is 0 Å². The molecule has 1 saturated heterocycles. The van der Waals surface area contributed by atoms with Crippen molar-refractivity contribution < 1.29 is 9.47 Å². The molecule has 1 aliphatic heterocycles. The summed E-state index contributed by atoms with van der Waals surface area (Å²) in [7, 11) is 0. The summed E-state index contributed by atoms with van der Waals surface area (Å²) in [6.45, 7) is 10.0. The fraction of sp³-hybridized carbons (Fsp3) is 1.00. The van der Waals surface area contributed by atoms with Crippen LogP contribution in [0.5, 0.6) is 0 Å². The first kappa shape index (κ1) is 15.2. The van der Waals surface area contributed by atoms with E-state index in [2.05, 4.69) is 10.2 Å². The lowest BCUT2D eigenvalue weighted by Crippen LogP contribution is -2.43. The van der Waals surface area contributed by atoms with Crippen molar-refractivity contribution in [3.05, 3.63) is 0 Å². The molecule has 112 valence electrons. The maximum absolute atomic E-state index is 5.70. The highest BCUT2D eigenvalue weighted by molar-refractivity contribution is 4.87. The molecule has 0 bridgehead atoms. The molecule has 1 atom stereocenters. The van der Waals surface area contributed by atoms with E-state index in [1.54, 1.807) is 0 Å². The van der Waals surface area contributed by atoms with Crippen LogP contribution in [0.25, 0.3) is 0 Å². The molecular formula is C15H30N2O2. The molecule has 0 radical (unpaired) electrons. The molecule has 2 rings (SSSR count). The van der Waals surface area contributed by atoms with E-state index in [-0.39, 0.29) is 6.29 Å². The molecule has 2 aliphatic rings. The van der Waals surface area contributed by atoms with Crippen LogP contribution in [-0.4, -0.2) is 56.6 Å². The minimum Gasteiger partial charge on any atom is -0.352 e.